The molecular weight excluding hydrogens is 1540 g/mol. The zero-order valence-corrected chi connectivity index (χ0v) is 70.0. The SMILES string of the molecule is Cc1ccc2c(c1)c1ccccc1n2-c1cc(-c2ccc(C#N)cc2)c(-n2c3ccccc3c3cc(C)ccc32)cn1.Cc1ccc2c(c1)c1ccccc1n2-c1cc(-c2cccc(C#N)c2)c(-n2c3ccccc3c3cc(C)ccc32)cn1.Cc1ccc2c(c1)c1ccccc1n2-c1cc(-c2ccccc2C#N)c(-n2c3ccccc3c3cc(C)ccc32)cn1. The summed E-state index contributed by atoms with van der Waals surface area (Å²) in [4.78, 5) is 15.4. The third-order valence-corrected chi connectivity index (χ3v) is 24.9. The standard InChI is InChI=1S/3C38H26N4/c1-24-14-16-35-31(18-24)28-10-3-5-12-33(28)41(35)37-23-40-38(21-30(37)27-9-7-8-26(20-27)22-39)42-34-13-6-4-11-29(34)32-19-25(2)15-17-36(32)42;1-24-11-17-35-31(19-24)28-7-3-5-9-33(28)41(35)37-23-40-38(21-30(37)27-15-13-26(22-39)14-16-27)42-34-10-6-4-8-29(34)32-20-25(2)12-18-36(32)42;1-24-15-17-35-30(19-24)28-11-5-7-13-33(28)41(35)37-23-40-38(21-32(37)27-10-4-3-9-26(27)22-39)42-34-14-8-6-12-29(34)31-20-25(2)16-18-36(31)42/h3*3-21,23H,1-2H3. The van der Waals surface area contributed by atoms with E-state index in [1.54, 1.807) is 0 Å². The van der Waals surface area contributed by atoms with Crippen LogP contribution in [-0.4, -0.2) is 42.4 Å². The predicted molar refractivity (Wildman–Crippen MR) is 518 cm³/mol. The van der Waals surface area contributed by atoms with Gasteiger partial charge in [-0.25, -0.2) is 15.0 Å². The fraction of sp³-hybridized carbons (Fsp3) is 0.0526. The van der Waals surface area contributed by atoms with Gasteiger partial charge in [0.1, 0.15) is 17.5 Å². The second-order valence-electron chi connectivity index (χ2n) is 33.0. The van der Waals surface area contributed by atoms with Crippen molar-refractivity contribution in [2.24, 2.45) is 0 Å². The van der Waals surface area contributed by atoms with E-state index in [1.807, 2.05) is 85.3 Å². The molecule has 9 heterocycles. The van der Waals surface area contributed by atoms with Gasteiger partial charge >= 0.3 is 0 Å². The number of pyridine rings is 3. The minimum atomic E-state index is 0.627. The summed E-state index contributed by atoms with van der Waals surface area (Å²) in [6.07, 6.45) is 5.97. The first-order valence-corrected chi connectivity index (χ1v) is 42.4. The van der Waals surface area contributed by atoms with E-state index in [0.717, 1.165) is 134 Å². The molecule has 0 saturated heterocycles. The first kappa shape index (κ1) is 75.2. The molecule has 0 spiro atoms. The number of nitrogens with zero attached hydrogens (tertiary/aromatic N) is 12. The molecule has 24 aromatic rings. The number of rotatable bonds is 9. The van der Waals surface area contributed by atoms with Gasteiger partial charge in [0.05, 0.1) is 137 Å². The molecule has 0 radical (unpaired) electrons. The molecule has 0 unspecified atom stereocenters. The van der Waals surface area contributed by atoms with E-state index in [4.69, 9.17) is 15.0 Å². The summed E-state index contributed by atoms with van der Waals surface area (Å²) in [6.45, 7) is 12.8. The topological polar surface area (TPSA) is 140 Å². The number of fused-ring (bicyclic) bond motifs is 18. The molecule has 0 bridgehead atoms. The fourth-order valence-electron chi connectivity index (χ4n) is 19.2. The molecule has 0 aliphatic carbocycles. The van der Waals surface area contributed by atoms with Gasteiger partial charge in [-0.05, 0) is 210 Å². The summed E-state index contributed by atoms with van der Waals surface area (Å²) in [6, 6.07) is 128. The third-order valence-electron chi connectivity index (χ3n) is 24.9. The van der Waals surface area contributed by atoms with Crippen molar-refractivity contribution in [2.75, 3.05) is 0 Å². The third kappa shape index (κ3) is 12.4. The van der Waals surface area contributed by atoms with Gasteiger partial charge in [-0.2, -0.15) is 15.8 Å². The van der Waals surface area contributed by atoms with Crippen LogP contribution in [-0.2, 0) is 0 Å². The van der Waals surface area contributed by atoms with Gasteiger partial charge in [0, 0.05) is 86.9 Å². The number of hydrogen-bond acceptors (Lipinski definition) is 6. The van der Waals surface area contributed by atoms with Crippen LogP contribution in [0.15, 0.2) is 364 Å². The summed E-state index contributed by atoms with van der Waals surface area (Å²) in [7, 11) is 0. The lowest BCUT2D eigenvalue weighted by Gasteiger charge is -2.17. The van der Waals surface area contributed by atoms with Crippen LogP contribution >= 0.6 is 0 Å². The number of aromatic nitrogens is 9. The monoisotopic (exact) mass is 1610 g/mol. The summed E-state index contributed by atoms with van der Waals surface area (Å²) in [5.74, 6) is 2.50. The highest BCUT2D eigenvalue weighted by Gasteiger charge is 2.26. The molecule has 0 saturated carbocycles. The number of nitriles is 3. The predicted octanol–water partition coefficient (Wildman–Crippen LogP) is 28.3. The molecule has 9 aromatic heterocycles. The van der Waals surface area contributed by atoms with Crippen molar-refractivity contribution in [3.8, 4) is 86.1 Å². The van der Waals surface area contributed by atoms with Crippen molar-refractivity contribution in [2.45, 2.75) is 41.5 Å². The Balaban J connectivity index is 0.000000112. The van der Waals surface area contributed by atoms with Crippen LogP contribution in [0.25, 0.3) is 199 Å². The normalized spacial score (nSPS) is 11.5. The smallest absolute Gasteiger partial charge is 0.138 e. The minimum absolute atomic E-state index is 0.627. The maximum atomic E-state index is 10.2. The van der Waals surface area contributed by atoms with E-state index in [9.17, 15) is 15.8 Å². The van der Waals surface area contributed by atoms with E-state index in [0.29, 0.717) is 16.7 Å². The van der Waals surface area contributed by atoms with E-state index >= 15 is 0 Å². The minimum Gasteiger partial charge on any atom is -0.307 e. The first-order valence-electron chi connectivity index (χ1n) is 42.4. The van der Waals surface area contributed by atoms with Gasteiger partial charge < -0.3 is 13.7 Å². The highest BCUT2D eigenvalue weighted by molar-refractivity contribution is 6.15. The average Bonchev–Trinajstić information content (AvgIpc) is 1.56. The molecule has 0 atom stereocenters. The maximum Gasteiger partial charge on any atom is 0.138 e. The van der Waals surface area contributed by atoms with E-state index < -0.39 is 0 Å². The molecule has 0 fully saturated rings. The summed E-state index contributed by atoms with van der Waals surface area (Å²) >= 11 is 0. The Bertz CT molecular complexity index is 8790. The van der Waals surface area contributed by atoms with Gasteiger partial charge in [-0.1, -0.05) is 221 Å². The van der Waals surface area contributed by atoms with Crippen LogP contribution in [0.3, 0.4) is 0 Å². The largest absolute Gasteiger partial charge is 0.307 e. The molecule has 12 nitrogen and oxygen atoms in total. The molecule has 0 N–H and O–H groups in total. The number of para-hydroxylation sites is 6. The Morgan fingerprint density at radius 1 is 0.198 bits per heavy atom. The van der Waals surface area contributed by atoms with Crippen LogP contribution in [0.4, 0.5) is 0 Å². The van der Waals surface area contributed by atoms with E-state index in [-0.39, 0.29) is 0 Å². The van der Waals surface area contributed by atoms with Crippen molar-refractivity contribution in [1.29, 1.82) is 15.8 Å². The lowest BCUT2D eigenvalue weighted by Crippen LogP contribution is -2.04. The van der Waals surface area contributed by atoms with Gasteiger partial charge in [-0.15, -0.1) is 0 Å². The molecule has 12 heteroatoms. The van der Waals surface area contributed by atoms with Crippen LogP contribution in [0, 0.1) is 75.5 Å². The number of aryl methyl sites for hydroxylation is 6. The molecule has 126 heavy (non-hydrogen) atoms. The lowest BCUT2D eigenvalue weighted by atomic mass is 9.99. The molecule has 594 valence electrons. The second-order valence-corrected chi connectivity index (χ2v) is 33.0. The van der Waals surface area contributed by atoms with Crippen molar-refractivity contribution >= 4 is 131 Å². The molecule has 24 rings (SSSR count). The molecule has 15 aromatic carbocycles. The summed E-state index contributed by atoms with van der Waals surface area (Å²) in [5.41, 5.74) is 31.5. The number of benzene rings is 15. The van der Waals surface area contributed by atoms with Crippen LogP contribution in [0.1, 0.15) is 50.1 Å². The second kappa shape index (κ2) is 30.3. The van der Waals surface area contributed by atoms with E-state index in [1.165, 1.54) is 98.0 Å². The highest BCUT2D eigenvalue weighted by Crippen LogP contribution is 2.45. The van der Waals surface area contributed by atoms with Crippen molar-refractivity contribution in [1.82, 2.24) is 42.4 Å². The Hall–Kier alpha value is -17.0. The van der Waals surface area contributed by atoms with Gasteiger partial charge in [-0.3, -0.25) is 13.7 Å². The van der Waals surface area contributed by atoms with E-state index in [2.05, 4.69) is 366 Å². The van der Waals surface area contributed by atoms with Gasteiger partial charge in [0.2, 0.25) is 0 Å². The lowest BCUT2D eigenvalue weighted by molar-refractivity contribution is 1.05. The number of hydrogen-bond donors (Lipinski definition) is 0. The van der Waals surface area contributed by atoms with Gasteiger partial charge in [0.25, 0.3) is 0 Å². The Kier molecular flexibility index (Phi) is 18.1. The fourth-order valence-corrected chi connectivity index (χ4v) is 19.2. The zero-order valence-electron chi connectivity index (χ0n) is 70.0. The zero-order chi connectivity index (χ0) is 85.1. The molecule has 0 amide bonds. The average molecular weight is 1620 g/mol. The maximum absolute atomic E-state index is 10.2. The highest BCUT2D eigenvalue weighted by atomic mass is 15.1. The van der Waals surface area contributed by atoms with Gasteiger partial charge in [0.15, 0.2) is 0 Å². The van der Waals surface area contributed by atoms with Crippen molar-refractivity contribution in [3.63, 3.8) is 0 Å². The Morgan fingerprint density at radius 3 is 0.810 bits per heavy atom. The van der Waals surface area contributed by atoms with Crippen LogP contribution in [0.2, 0.25) is 0 Å². The van der Waals surface area contributed by atoms with Crippen LogP contribution in [0.5, 0.6) is 0 Å². The molecular formula is C114H78N12. The Labute approximate surface area is 726 Å². The first-order chi connectivity index (χ1) is 61.8. The van der Waals surface area contributed by atoms with Crippen molar-refractivity contribution in [3.05, 3.63) is 414 Å². The molecule has 0 aliphatic heterocycles. The van der Waals surface area contributed by atoms with Crippen molar-refractivity contribution < 1.29 is 0 Å². The summed E-state index contributed by atoms with van der Waals surface area (Å²) < 4.78 is 13.7. The van der Waals surface area contributed by atoms with Crippen LogP contribution < -0.4 is 0 Å². The quantitative estimate of drug-likeness (QED) is 0.141. The molecule has 0 aliphatic rings. The Morgan fingerprint density at radius 2 is 0.476 bits per heavy atom. The summed E-state index contributed by atoms with van der Waals surface area (Å²) in [5, 5.41) is 43.9.